The highest BCUT2D eigenvalue weighted by molar-refractivity contribution is 9.10. The van der Waals surface area contributed by atoms with E-state index < -0.39 is 5.41 Å². The quantitative estimate of drug-likeness (QED) is 0.853. The van der Waals surface area contributed by atoms with E-state index in [1.165, 1.54) is 12.8 Å². The second-order valence-corrected chi connectivity index (χ2v) is 7.31. The largest absolute Gasteiger partial charge is 0.355 e. The molecule has 1 aromatic rings. The Balaban J connectivity index is 1.86. The standard InChI is InChI=1S/C17H25BrN2O/c1-17(2,14-6-3-7-15(18)11-14)16(21)20-10-8-13-5-4-9-19-12-13/h3,6-7,11,13,19H,4-5,8-10,12H2,1-2H3,(H,20,21). The van der Waals surface area contributed by atoms with Crippen molar-refractivity contribution in [3.63, 3.8) is 0 Å². The molecule has 1 aliphatic heterocycles. The summed E-state index contributed by atoms with van der Waals surface area (Å²) in [4.78, 5) is 12.5. The van der Waals surface area contributed by atoms with Crippen molar-refractivity contribution in [2.24, 2.45) is 5.92 Å². The average molecular weight is 353 g/mol. The van der Waals surface area contributed by atoms with Gasteiger partial charge in [0.25, 0.3) is 0 Å². The Kier molecular flexibility index (Phi) is 5.82. The zero-order valence-corrected chi connectivity index (χ0v) is 14.5. The number of carbonyl (C=O) groups is 1. The van der Waals surface area contributed by atoms with Gasteiger partial charge in [-0.05, 0) is 69.8 Å². The highest BCUT2D eigenvalue weighted by atomic mass is 79.9. The molecule has 3 nitrogen and oxygen atoms in total. The van der Waals surface area contributed by atoms with Crippen molar-refractivity contribution in [3.8, 4) is 0 Å². The number of carbonyl (C=O) groups excluding carboxylic acids is 1. The minimum Gasteiger partial charge on any atom is -0.355 e. The Hall–Kier alpha value is -0.870. The molecule has 1 aromatic carbocycles. The number of hydrogen-bond acceptors (Lipinski definition) is 2. The number of benzene rings is 1. The van der Waals surface area contributed by atoms with Gasteiger partial charge in [-0.25, -0.2) is 0 Å². The molecule has 4 heteroatoms. The summed E-state index contributed by atoms with van der Waals surface area (Å²) in [6, 6.07) is 7.98. The van der Waals surface area contributed by atoms with Crippen LogP contribution in [0, 0.1) is 5.92 Å². The molecule has 1 unspecified atom stereocenters. The van der Waals surface area contributed by atoms with E-state index in [4.69, 9.17) is 0 Å². The fraction of sp³-hybridized carbons (Fsp3) is 0.588. The summed E-state index contributed by atoms with van der Waals surface area (Å²) in [5.74, 6) is 0.803. The fourth-order valence-corrected chi connectivity index (χ4v) is 3.19. The molecule has 21 heavy (non-hydrogen) atoms. The van der Waals surface area contributed by atoms with Gasteiger partial charge in [0.15, 0.2) is 0 Å². The van der Waals surface area contributed by atoms with Gasteiger partial charge in [0.2, 0.25) is 5.91 Å². The fourth-order valence-electron chi connectivity index (χ4n) is 2.79. The first-order valence-corrected chi connectivity index (χ1v) is 8.54. The van der Waals surface area contributed by atoms with Gasteiger partial charge in [0, 0.05) is 11.0 Å². The van der Waals surface area contributed by atoms with Gasteiger partial charge in [-0.15, -0.1) is 0 Å². The smallest absolute Gasteiger partial charge is 0.230 e. The van der Waals surface area contributed by atoms with E-state index in [-0.39, 0.29) is 5.91 Å². The number of piperidine rings is 1. The first kappa shape index (κ1) is 16.5. The topological polar surface area (TPSA) is 41.1 Å². The van der Waals surface area contributed by atoms with Gasteiger partial charge >= 0.3 is 0 Å². The normalized spacial score (nSPS) is 19.3. The van der Waals surface area contributed by atoms with E-state index in [0.29, 0.717) is 5.92 Å². The van der Waals surface area contributed by atoms with E-state index in [2.05, 4.69) is 26.6 Å². The molecule has 0 aliphatic carbocycles. The van der Waals surface area contributed by atoms with Gasteiger partial charge in [0.1, 0.15) is 0 Å². The molecule has 0 saturated carbocycles. The van der Waals surface area contributed by atoms with Crippen LogP contribution in [0.5, 0.6) is 0 Å². The Morgan fingerprint density at radius 1 is 1.48 bits per heavy atom. The maximum atomic E-state index is 12.5. The minimum atomic E-state index is -0.505. The summed E-state index contributed by atoms with van der Waals surface area (Å²) in [6.07, 6.45) is 3.59. The second kappa shape index (κ2) is 7.41. The van der Waals surface area contributed by atoms with Crippen LogP contribution in [0.3, 0.4) is 0 Å². The van der Waals surface area contributed by atoms with Crippen LogP contribution in [-0.2, 0) is 10.2 Å². The van der Waals surface area contributed by atoms with Gasteiger partial charge in [-0.2, -0.15) is 0 Å². The van der Waals surface area contributed by atoms with Crippen LogP contribution >= 0.6 is 15.9 Å². The van der Waals surface area contributed by atoms with E-state index in [9.17, 15) is 4.79 Å². The van der Waals surface area contributed by atoms with Crippen molar-refractivity contribution >= 4 is 21.8 Å². The molecule has 2 N–H and O–H groups in total. The van der Waals surface area contributed by atoms with Crippen molar-refractivity contribution in [1.29, 1.82) is 0 Å². The summed E-state index contributed by atoms with van der Waals surface area (Å²) in [5, 5.41) is 6.52. The van der Waals surface area contributed by atoms with E-state index in [1.54, 1.807) is 0 Å². The SMILES string of the molecule is CC(C)(C(=O)NCCC1CCCNC1)c1cccc(Br)c1. The predicted molar refractivity (Wildman–Crippen MR) is 90.4 cm³/mol. The summed E-state index contributed by atoms with van der Waals surface area (Å²) in [6.45, 7) is 6.95. The van der Waals surface area contributed by atoms with Crippen molar-refractivity contribution < 1.29 is 4.79 Å². The molecule has 1 heterocycles. The average Bonchev–Trinajstić information content (AvgIpc) is 2.48. The van der Waals surface area contributed by atoms with Crippen molar-refractivity contribution in [3.05, 3.63) is 34.3 Å². The third kappa shape index (κ3) is 4.55. The molecule has 1 atom stereocenters. The maximum absolute atomic E-state index is 12.5. The number of hydrogen-bond donors (Lipinski definition) is 2. The third-order valence-electron chi connectivity index (χ3n) is 4.35. The first-order chi connectivity index (χ1) is 10.00. The van der Waals surface area contributed by atoms with Crippen molar-refractivity contribution in [1.82, 2.24) is 10.6 Å². The van der Waals surface area contributed by atoms with Crippen molar-refractivity contribution in [2.45, 2.75) is 38.5 Å². The minimum absolute atomic E-state index is 0.101. The summed E-state index contributed by atoms with van der Waals surface area (Å²) in [5.41, 5.74) is 0.530. The van der Waals surface area contributed by atoms with Crippen LogP contribution in [0.25, 0.3) is 0 Å². The lowest BCUT2D eigenvalue weighted by Crippen LogP contribution is -2.41. The predicted octanol–water partition coefficient (Wildman–Crippen LogP) is 3.23. The number of rotatable bonds is 5. The Bertz CT molecular complexity index is 481. The highest BCUT2D eigenvalue weighted by Gasteiger charge is 2.29. The number of nitrogens with one attached hydrogen (secondary N) is 2. The number of halogens is 1. The van der Waals surface area contributed by atoms with Gasteiger partial charge in [-0.1, -0.05) is 28.1 Å². The van der Waals surface area contributed by atoms with E-state index in [1.807, 2.05) is 38.1 Å². The van der Waals surface area contributed by atoms with Crippen LogP contribution in [-0.4, -0.2) is 25.5 Å². The lowest BCUT2D eigenvalue weighted by molar-refractivity contribution is -0.125. The molecule has 0 aromatic heterocycles. The Labute approximate surface area is 136 Å². The molecule has 0 radical (unpaired) electrons. The Morgan fingerprint density at radius 2 is 2.29 bits per heavy atom. The lowest BCUT2D eigenvalue weighted by atomic mass is 9.83. The molecule has 2 rings (SSSR count). The van der Waals surface area contributed by atoms with Crippen LogP contribution in [0.15, 0.2) is 28.7 Å². The molecule has 0 spiro atoms. The molecular formula is C17H25BrN2O. The summed E-state index contributed by atoms with van der Waals surface area (Å²) < 4.78 is 1.01. The van der Waals surface area contributed by atoms with Gasteiger partial charge < -0.3 is 10.6 Å². The van der Waals surface area contributed by atoms with Gasteiger partial charge in [-0.3, -0.25) is 4.79 Å². The van der Waals surface area contributed by atoms with E-state index in [0.717, 1.165) is 36.1 Å². The van der Waals surface area contributed by atoms with Gasteiger partial charge in [0.05, 0.1) is 5.41 Å². The lowest BCUT2D eigenvalue weighted by Gasteiger charge is -2.26. The zero-order chi connectivity index (χ0) is 15.3. The van der Waals surface area contributed by atoms with Crippen LogP contribution < -0.4 is 10.6 Å². The van der Waals surface area contributed by atoms with Crippen LogP contribution in [0.2, 0.25) is 0 Å². The van der Waals surface area contributed by atoms with Crippen LogP contribution in [0.4, 0.5) is 0 Å². The van der Waals surface area contributed by atoms with Crippen molar-refractivity contribution in [2.75, 3.05) is 19.6 Å². The monoisotopic (exact) mass is 352 g/mol. The molecule has 1 fully saturated rings. The van der Waals surface area contributed by atoms with Crippen LogP contribution in [0.1, 0.15) is 38.7 Å². The molecular weight excluding hydrogens is 328 g/mol. The summed E-state index contributed by atoms with van der Waals surface area (Å²) >= 11 is 3.47. The molecule has 1 aliphatic rings. The maximum Gasteiger partial charge on any atom is 0.230 e. The first-order valence-electron chi connectivity index (χ1n) is 7.75. The molecule has 0 bridgehead atoms. The Morgan fingerprint density at radius 3 is 2.95 bits per heavy atom. The zero-order valence-electron chi connectivity index (χ0n) is 12.9. The van der Waals surface area contributed by atoms with E-state index >= 15 is 0 Å². The second-order valence-electron chi connectivity index (χ2n) is 6.39. The highest BCUT2D eigenvalue weighted by Crippen LogP contribution is 2.26. The molecule has 1 amide bonds. The molecule has 1 saturated heterocycles. The number of amides is 1. The third-order valence-corrected chi connectivity index (χ3v) is 4.84. The molecule has 116 valence electrons. The summed E-state index contributed by atoms with van der Waals surface area (Å²) in [7, 11) is 0.